The molecule has 23 heavy (non-hydrogen) atoms. The molecule has 1 atom stereocenters. The van der Waals surface area contributed by atoms with E-state index in [1.807, 2.05) is 6.92 Å². The fraction of sp³-hybridized carbons (Fsp3) is 0.438. The molecule has 0 amide bonds. The Bertz CT molecular complexity index is 524. The van der Waals surface area contributed by atoms with Gasteiger partial charge in [0.1, 0.15) is 6.04 Å². The third-order valence-corrected chi connectivity index (χ3v) is 3.10. The zero-order valence-corrected chi connectivity index (χ0v) is 13.2. The third kappa shape index (κ3) is 5.46. The maximum absolute atomic E-state index is 11.0. The topological polar surface area (TPSA) is 102 Å². The van der Waals surface area contributed by atoms with Crippen molar-refractivity contribution in [2.45, 2.75) is 25.8 Å². The van der Waals surface area contributed by atoms with Crippen LogP contribution >= 0.6 is 0 Å². The summed E-state index contributed by atoms with van der Waals surface area (Å²) in [6.45, 7) is 2.77. The van der Waals surface area contributed by atoms with Crippen LogP contribution in [0.1, 0.15) is 40.5 Å². The number of hydrogen-bond acceptors (Lipinski definition) is 7. The van der Waals surface area contributed by atoms with Crippen molar-refractivity contribution in [2.24, 2.45) is 0 Å². The standard InChI is InChI=1S/C8H17NO3.C8H4O3/c1-3-5-9-7(4-6-10)8(11)12-2;9-7-5-3-1-2-4-6(5)8(10)11-7/h7,9-10H,3-6H2,1-2H3;1-4H/t7-;/m0./s1. The molecule has 0 fully saturated rings. The summed E-state index contributed by atoms with van der Waals surface area (Å²) in [5.74, 6) is -1.41. The van der Waals surface area contributed by atoms with Gasteiger partial charge in [-0.05, 0) is 31.5 Å². The van der Waals surface area contributed by atoms with Crippen LogP contribution in [0.5, 0.6) is 0 Å². The number of cyclic esters (lactones) is 2. The second-order valence-electron chi connectivity index (χ2n) is 4.76. The molecule has 1 aromatic rings. The zero-order valence-electron chi connectivity index (χ0n) is 13.2. The van der Waals surface area contributed by atoms with Gasteiger partial charge in [-0.1, -0.05) is 19.1 Å². The average molecular weight is 323 g/mol. The molecule has 7 heteroatoms. The van der Waals surface area contributed by atoms with Crippen molar-refractivity contribution in [1.82, 2.24) is 5.32 Å². The van der Waals surface area contributed by atoms with Gasteiger partial charge in [0.2, 0.25) is 0 Å². The maximum Gasteiger partial charge on any atom is 0.346 e. The summed E-state index contributed by atoms with van der Waals surface area (Å²) in [6.07, 6.45) is 1.37. The van der Waals surface area contributed by atoms with Gasteiger partial charge in [0.25, 0.3) is 0 Å². The Balaban J connectivity index is 0.000000230. The highest BCUT2D eigenvalue weighted by atomic mass is 16.6. The Morgan fingerprint density at radius 2 is 1.83 bits per heavy atom. The molecule has 0 radical (unpaired) electrons. The minimum Gasteiger partial charge on any atom is -0.468 e. The third-order valence-electron chi connectivity index (χ3n) is 3.10. The van der Waals surface area contributed by atoms with Gasteiger partial charge in [0.15, 0.2) is 0 Å². The van der Waals surface area contributed by atoms with Gasteiger partial charge < -0.3 is 19.9 Å². The quantitative estimate of drug-likeness (QED) is 0.592. The van der Waals surface area contributed by atoms with Crippen molar-refractivity contribution in [1.29, 1.82) is 0 Å². The smallest absolute Gasteiger partial charge is 0.346 e. The molecular formula is C16H21NO6. The van der Waals surface area contributed by atoms with E-state index in [0.29, 0.717) is 17.5 Å². The van der Waals surface area contributed by atoms with E-state index >= 15 is 0 Å². The number of carbonyl (C=O) groups excluding carboxylic acids is 3. The number of fused-ring (bicyclic) bond motifs is 1. The van der Waals surface area contributed by atoms with Crippen molar-refractivity contribution in [2.75, 3.05) is 20.3 Å². The van der Waals surface area contributed by atoms with E-state index in [9.17, 15) is 14.4 Å². The lowest BCUT2D eigenvalue weighted by atomic mass is 10.1. The predicted molar refractivity (Wildman–Crippen MR) is 82.0 cm³/mol. The number of benzene rings is 1. The molecule has 126 valence electrons. The van der Waals surface area contributed by atoms with Crippen LogP contribution in [0.15, 0.2) is 24.3 Å². The van der Waals surface area contributed by atoms with Crippen LogP contribution < -0.4 is 5.32 Å². The number of nitrogens with one attached hydrogen (secondary N) is 1. The molecule has 0 unspecified atom stereocenters. The van der Waals surface area contributed by atoms with Gasteiger partial charge in [0.05, 0.1) is 18.2 Å². The van der Waals surface area contributed by atoms with Gasteiger partial charge in [-0.3, -0.25) is 4.79 Å². The Labute approximate surface area is 134 Å². The van der Waals surface area contributed by atoms with Gasteiger partial charge in [0, 0.05) is 6.61 Å². The number of methoxy groups -OCH3 is 1. The maximum atomic E-state index is 11.0. The highest BCUT2D eigenvalue weighted by Gasteiger charge is 2.28. The fourth-order valence-electron chi connectivity index (χ4n) is 1.93. The Morgan fingerprint density at radius 3 is 2.26 bits per heavy atom. The molecule has 1 aliphatic rings. The molecule has 2 rings (SSSR count). The summed E-state index contributed by atoms with van der Waals surface area (Å²) in [5.41, 5.74) is 0.718. The highest BCUT2D eigenvalue weighted by molar-refractivity contribution is 6.14. The lowest BCUT2D eigenvalue weighted by Crippen LogP contribution is -2.38. The minimum absolute atomic E-state index is 0.00349. The van der Waals surface area contributed by atoms with Crippen LogP contribution in [-0.4, -0.2) is 49.3 Å². The van der Waals surface area contributed by atoms with Gasteiger partial charge in [-0.25, -0.2) is 9.59 Å². The first-order chi connectivity index (χ1) is 11.0. The fourth-order valence-corrected chi connectivity index (χ4v) is 1.93. The zero-order chi connectivity index (χ0) is 17.2. The normalized spacial score (nSPS) is 13.5. The van der Waals surface area contributed by atoms with Gasteiger partial charge >= 0.3 is 17.9 Å². The summed E-state index contributed by atoms with van der Waals surface area (Å²) in [4.78, 5) is 32.7. The number of aliphatic hydroxyl groups excluding tert-OH is 1. The van der Waals surface area contributed by atoms with E-state index in [2.05, 4.69) is 14.8 Å². The monoisotopic (exact) mass is 323 g/mol. The number of carbonyl (C=O) groups is 3. The second kappa shape index (κ2) is 9.70. The second-order valence-corrected chi connectivity index (χ2v) is 4.76. The summed E-state index contributed by atoms with van der Waals surface area (Å²) < 4.78 is 8.90. The lowest BCUT2D eigenvalue weighted by molar-refractivity contribution is -0.143. The van der Waals surface area contributed by atoms with Crippen molar-refractivity contribution >= 4 is 17.9 Å². The summed E-state index contributed by atoms with van der Waals surface area (Å²) in [6, 6.07) is 6.17. The molecule has 0 spiro atoms. The number of ether oxygens (including phenoxy) is 2. The molecular weight excluding hydrogens is 302 g/mol. The summed E-state index contributed by atoms with van der Waals surface area (Å²) >= 11 is 0. The van der Waals surface area contributed by atoms with Crippen LogP contribution in [0.3, 0.4) is 0 Å². The molecule has 0 bridgehead atoms. The van der Waals surface area contributed by atoms with Crippen LogP contribution in [0, 0.1) is 0 Å². The SMILES string of the molecule is CCCN[C@@H](CCO)C(=O)OC.O=C1OC(=O)c2ccccc21. The first-order valence-electron chi connectivity index (χ1n) is 7.32. The largest absolute Gasteiger partial charge is 0.468 e. The Hall–Kier alpha value is -2.25. The first kappa shape index (κ1) is 18.8. The number of rotatable bonds is 6. The molecule has 2 N–H and O–H groups in total. The number of hydrogen-bond donors (Lipinski definition) is 2. The van der Waals surface area contributed by atoms with Crippen molar-refractivity contribution in [3.63, 3.8) is 0 Å². The van der Waals surface area contributed by atoms with E-state index in [0.717, 1.165) is 13.0 Å². The molecule has 0 saturated carbocycles. The predicted octanol–water partition coefficient (Wildman–Crippen LogP) is 0.907. The molecule has 0 aromatic heterocycles. The van der Waals surface area contributed by atoms with Crippen molar-refractivity contribution in [3.05, 3.63) is 35.4 Å². The lowest BCUT2D eigenvalue weighted by Gasteiger charge is -2.14. The molecule has 1 aromatic carbocycles. The van der Waals surface area contributed by atoms with Crippen LogP contribution in [-0.2, 0) is 14.3 Å². The van der Waals surface area contributed by atoms with Crippen molar-refractivity contribution < 1.29 is 29.0 Å². The van der Waals surface area contributed by atoms with Crippen LogP contribution in [0.4, 0.5) is 0 Å². The number of aliphatic hydroxyl groups is 1. The minimum atomic E-state index is -0.550. The van der Waals surface area contributed by atoms with Gasteiger partial charge in [-0.15, -0.1) is 0 Å². The summed E-state index contributed by atoms with van der Waals surface area (Å²) in [7, 11) is 1.35. The number of esters is 3. The average Bonchev–Trinajstić information content (AvgIpc) is 2.86. The van der Waals surface area contributed by atoms with E-state index < -0.39 is 11.9 Å². The molecule has 7 nitrogen and oxygen atoms in total. The van der Waals surface area contributed by atoms with E-state index in [-0.39, 0.29) is 18.6 Å². The Kier molecular flexibility index (Phi) is 7.93. The van der Waals surface area contributed by atoms with Crippen LogP contribution in [0.2, 0.25) is 0 Å². The summed E-state index contributed by atoms with van der Waals surface area (Å²) in [5, 5.41) is 11.6. The molecule has 0 aliphatic carbocycles. The van der Waals surface area contributed by atoms with Gasteiger partial charge in [-0.2, -0.15) is 0 Å². The van der Waals surface area contributed by atoms with E-state index in [1.165, 1.54) is 7.11 Å². The highest BCUT2D eigenvalue weighted by Crippen LogP contribution is 2.18. The first-order valence-corrected chi connectivity index (χ1v) is 7.32. The molecule has 0 saturated heterocycles. The van der Waals surface area contributed by atoms with E-state index in [4.69, 9.17) is 5.11 Å². The van der Waals surface area contributed by atoms with Crippen molar-refractivity contribution in [3.8, 4) is 0 Å². The molecule has 1 heterocycles. The molecule has 1 aliphatic heterocycles. The Morgan fingerprint density at radius 1 is 1.26 bits per heavy atom. The van der Waals surface area contributed by atoms with Crippen LogP contribution in [0.25, 0.3) is 0 Å². The van der Waals surface area contributed by atoms with E-state index in [1.54, 1.807) is 24.3 Å².